The fourth-order valence-corrected chi connectivity index (χ4v) is 7.79. The predicted octanol–water partition coefficient (Wildman–Crippen LogP) is 5.16. The van der Waals surface area contributed by atoms with Crippen molar-refractivity contribution in [2.75, 3.05) is 0 Å². The first-order chi connectivity index (χ1) is 24.1. The molecule has 0 spiro atoms. The summed E-state index contributed by atoms with van der Waals surface area (Å²) in [4.78, 5) is 9.10. The second kappa shape index (κ2) is 13.3. The maximum Gasteiger partial charge on any atom is 1.00 e. The van der Waals surface area contributed by atoms with Gasteiger partial charge in [0.2, 0.25) is 0 Å². The van der Waals surface area contributed by atoms with Crippen LogP contribution in [0.1, 0.15) is 0 Å². The first kappa shape index (κ1) is 34.5. The van der Waals surface area contributed by atoms with Crippen molar-refractivity contribution >= 4 is 69.9 Å². The van der Waals surface area contributed by atoms with Crippen molar-refractivity contribution in [2.24, 2.45) is 4.99 Å². The molecule has 0 saturated heterocycles. The third kappa shape index (κ3) is 6.32. The van der Waals surface area contributed by atoms with Crippen LogP contribution in [0.2, 0.25) is 0 Å². The van der Waals surface area contributed by atoms with E-state index in [2.05, 4.69) is 0 Å². The average molecular weight is 720 g/mol. The molecule has 0 saturated carbocycles. The molecule has 0 unspecified atom stereocenters. The van der Waals surface area contributed by atoms with E-state index >= 15 is 0 Å². The van der Waals surface area contributed by atoms with E-state index in [4.69, 9.17) is 15.3 Å². The van der Waals surface area contributed by atoms with Gasteiger partial charge in [0.05, 0.1) is 38.4 Å². The van der Waals surface area contributed by atoms with Crippen LogP contribution >= 0.6 is 0 Å². The van der Waals surface area contributed by atoms with E-state index in [0.29, 0.717) is 50.3 Å². The fourth-order valence-electron chi connectivity index (χ4n) is 6.36. The van der Waals surface area contributed by atoms with E-state index in [9.17, 15) is 25.9 Å². The number of hydrogen-bond acceptors (Lipinski definition) is 7. The van der Waals surface area contributed by atoms with Gasteiger partial charge in [-0.25, -0.2) is 18.4 Å². The molecule has 0 fully saturated rings. The van der Waals surface area contributed by atoms with Crippen molar-refractivity contribution in [2.45, 2.75) is 9.79 Å². The zero-order valence-electron chi connectivity index (χ0n) is 26.9. The first-order valence-corrected chi connectivity index (χ1v) is 18.2. The van der Waals surface area contributed by atoms with Crippen molar-refractivity contribution in [3.8, 4) is 17.1 Å². The summed E-state index contributed by atoms with van der Waals surface area (Å²) in [5.41, 5.74) is 3.82. The first-order valence-electron chi connectivity index (χ1n) is 15.3. The van der Waals surface area contributed by atoms with Crippen LogP contribution < -0.4 is 34.9 Å². The second-order valence-corrected chi connectivity index (χ2v) is 14.2. The zero-order chi connectivity index (χ0) is 34.6. The quantitative estimate of drug-likeness (QED) is 0.108. The Bertz CT molecular complexity index is 2890. The van der Waals surface area contributed by atoms with Crippen LogP contribution in [0, 0.1) is 0 Å². The van der Waals surface area contributed by atoms with Crippen LogP contribution in [-0.4, -0.2) is 35.5 Å². The summed E-state index contributed by atoms with van der Waals surface area (Å²) in [5, 5.41) is 6.05. The van der Waals surface area contributed by atoms with Crippen molar-refractivity contribution in [3.63, 3.8) is 0 Å². The fraction of sp³-hybridized carbons (Fsp3) is 0. The molecule has 0 atom stereocenters. The van der Waals surface area contributed by atoms with Gasteiger partial charge in [-0.2, -0.15) is 8.42 Å². The molecular formula is C38H24N4NaO6S2-. The van der Waals surface area contributed by atoms with E-state index in [1.54, 1.807) is 60.7 Å². The van der Waals surface area contributed by atoms with Crippen LogP contribution in [0.3, 0.4) is 0 Å². The summed E-state index contributed by atoms with van der Waals surface area (Å²) in [6, 6.07) is 39.7. The zero-order valence-corrected chi connectivity index (χ0v) is 30.5. The molecule has 0 bridgehead atoms. The van der Waals surface area contributed by atoms with E-state index in [1.165, 1.54) is 24.3 Å². The standard InChI is InChI=1S/C38H25N4O6S2.Na/c43-49(44,45)33-20-10-18-27-35(33)29(39-24-12-4-1-5-13-24)22-31-37(27)41-38-28-19-11-21-34(50(46,47)48)36(28)30(40-25-14-6-2-7-15-25)23-32(38)42(31)26-16-8-3-9-17-26;/h1-23H,(H,43,44,45)(H,46,47,48);/q-1;+1/p-1. The minimum Gasteiger partial charge on any atom is -0.744 e. The second-order valence-electron chi connectivity index (χ2n) is 11.5. The van der Waals surface area contributed by atoms with Crippen LogP contribution in [0.25, 0.3) is 55.0 Å². The van der Waals surface area contributed by atoms with E-state index in [-0.39, 0.29) is 56.3 Å². The molecule has 8 rings (SSSR count). The van der Waals surface area contributed by atoms with Gasteiger partial charge in [-0.05, 0) is 53.9 Å². The number of fused-ring (bicyclic) bond motifs is 6. The summed E-state index contributed by atoms with van der Waals surface area (Å²) in [5.74, 6) is 0. The van der Waals surface area contributed by atoms with Crippen molar-refractivity contribution < 1.29 is 55.5 Å². The molecule has 1 N–H and O–H groups in total. The smallest absolute Gasteiger partial charge is 0.744 e. The molecule has 0 aromatic heterocycles. The summed E-state index contributed by atoms with van der Waals surface area (Å²) in [7, 11) is -9.68. The Balaban J connectivity index is 0.00000406. The third-order valence-electron chi connectivity index (χ3n) is 8.39. The Labute approximate surface area is 314 Å². The molecule has 10 nitrogen and oxygen atoms in total. The molecule has 0 radical (unpaired) electrons. The largest absolute Gasteiger partial charge is 1.00 e. The van der Waals surface area contributed by atoms with Gasteiger partial charge in [0.15, 0.2) is 0 Å². The number of aromatic nitrogens is 2. The molecule has 246 valence electrons. The van der Waals surface area contributed by atoms with Crippen LogP contribution in [0.4, 0.5) is 17.1 Å². The number of hydrogen-bond donors (Lipinski definition) is 1. The molecule has 6 aromatic carbocycles. The molecule has 6 aromatic rings. The number of para-hydroxylation sites is 3. The van der Waals surface area contributed by atoms with Crippen LogP contribution in [-0.2, 0) is 20.2 Å². The Morgan fingerprint density at radius 3 is 1.94 bits per heavy atom. The summed E-state index contributed by atoms with van der Waals surface area (Å²) in [6.07, 6.45) is 0. The molecule has 0 amide bonds. The van der Waals surface area contributed by atoms with Crippen molar-refractivity contribution in [1.82, 2.24) is 9.55 Å². The summed E-state index contributed by atoms with van der Waals surface area (Å²) < 4.78 is 75.8. The van der Waals surface area contributed by atoms with Crippen LogP contribution in [0.15, 0.2) is 154 Å². The monoisotopic (exact) mass is 719 g/mol. The van der Waals surface area contributed by atoms with Gasteiger partial charge in [0, 0.05) is 21.8 Å². The summed E-state index contributed by atoms with van der Waals surface area (Å²) >= 11 is 0. The molecular weight excluding hydrogens is 696 g/mol. The van der Waals surface area contributed by atoms with Gasteiger partial charge in [-0.15, -0.1) is 11.4 Å². The van der Waals surface area contributed by atoms with Gasteiger partial charge >= 0.3 is 29.6 Å². The SMILES string of the molecule is O=S(=O)([O-])c1cccc2c3nc4c5cccc(S(=O)(=O)O)c5c([N-]c5ccccc5)cc4n(-c4ccccc4)c-3cc(=Nc3ccccc3)c12.[Na+]. The van der Waals surface area contributed by atoms with E-state index < -0.39 is 25.1 Å². The topological polar surface area (TPSA) is 156 Å². The number of nitrogens with zero attached hydrogens (tertiary/aromatic N) is 4. The molecule has 1 heterocycles. The molecule has 13 heteroatoms. The van der Waals surface area contributed by atoms with Gasteiger partial charge in [-0.3, -0.25) is 4.55 Å². The molecule has 2 aliphatic rings. The van der Waals surface area contributed by atoms with Gasteiger partial charge in [0.25, 0.3) is 10.1 Å². The van der Waals surface area contributed by atoms with Gasteiger partial charge < -0.3 is 14.4 Å². The van der Waals surface area contributed by atoms with E-state index in [1.807, 2.05) is 59.2 Å². The Morgan fingerprint density at radius 2 is 1.29 bits per heavy atom. The predicted molar refractivity (Wildman–Crippen MR) is 191 cm³/mol. The minimum atomic E-state index is -4.96. The van der Waals surface area contributed by atoms with E-state index in [0.717, 1.165) is 0 Å². The molecule has 1 aliphatic heterocycles. The van der Waals surface area contributed by atoms with Crippen molar-refractivity contribution in [1.29, 1.82) is 0 Å². The minimum absolute atomic E-state index is 0. The average Bonchev–Trinajstić information content (AvgIpc) is 3.11. The maximum absolute atomic E-state index is 12.8. The Morgan fingerprint density at radius 1 is 0.686 bits per heavy atom. The maximum atomic E-state index is 12.8. The number of benzene rings is 7. The number of rotatable bonds is 6. The summed E-state index contributed by atoms with van der Waals surface area (Å²) in [6.45, 7) is 0. The van der Waals surface area contributed by atoms with Crippen LogP contribution in [0.5, 0.6) is 0 Å². The normalized spacial score (nSPS) is 12.4. The Kier molecular flexibility index (Phi) is 9.02. The van der Waals surface area contributed by atoms with Gasteiger partial charge in [-0.1, -0.05) is 91.0 Å². The molecule has 1 aliphatic carbocycles. The third-order valence-corrected chi connectivity index (χ3v) is 10.2. The Hall–Kier alpha value is -4.92. The van der Waals surface area contributed by atoms with Crippen molar-refractivity contribution in [3.05, 3.63) is 150 Å². The molecule has 51 heavy (non-hydrogen) atoms. The van der Waals surface area contributed by atoms with Gasteiger partial charge in [0.1, 0.15) is 15.0 Å².